The number of hydrogen-bond acceptors (Lipinski definition) is 4. The van der Waals surface area contributed by atoms with Crippen molar-refractivity contribution >= 4 is 11.7 Å². The Morgan fingerprint density at radius 2 is 1.84 bits per heavy atom. The van der Waals surface area contributed by atoms with Crippen LogP contribution in [0.5, 0.6) is 17.2 Å². The van der Waals surface area contributed by atoms with Crippen LogP contribution in [0.4, 0.5) is 10.5 Å². The molecule has 0 bridgehead atoms. The molecule has 132 valence electrons. The molecule has 1 heterocycles. The maximum Gasteiger partial charge on any atom is 0.321 e. The van der Waals surface area contributed by atoms with Crippen LogP contribution in [0.1, 0.15) is 5.56 Å². The molecule has 0 spiro atoms. The standard InChI is InChI=1S/C19H22N2O4/c1-14-3-6-16(7-4-14)23-10-9-21(2)19(22)20-15-5-8-17-18(13-15)25-12-11-24-17/h3-8,13H,9-12H2,1-2H3,(H,20,22). The van der Waals surface area contributed by atoms with Gasteiger partial charge in [0.05, 0.1) is 6.54 Å². The van der Waals surface area contributed by atoms with Crippen molar-refractivity contribution in [3.05, 3.63) is 48.0 Å². The lowest BCUT2D eigenvalue weighted by atomic mass is 10.2. The number of nitrogens with zero attached hydrogens (tertiary/aromatic N) is 1. The third kappa shape index (κ3) is 4.56. The van der Waals surface area contributed by atoms with Crippen LogP contribution in [0.15, 0.2) is 42.5 Å². The number of rotatable bonds is 5. The maximum absolute atomic E-state index is 12.3. The van der Waals surface area contributed by atoms with Crippen molar-refractivity contribution in [1.29, 1.82) is 0 Å². The molecule has 0 radical (unpaired) electrons. The molecular formula is C19H22N2O4. The van der Waals surface area contributed by atoms with Crippen LogP contribution in [0.3, 0.4) is 0 Å². The minimum atomic E-state index is -0.204. The zero-order chi connectivity index (χ0) is 17.6. The summed E-state index contributed by atoms with van der Waals surface area (Å²) in [5.74, 6) is 2.14. The van der Waals surface area contributed by atoms with Gasteiger partial charge in [0.25, 0.3) is 0 Å². The Morgan fingerprint density at radius 1 is 1.12 bits per heavy atom. The monoisotopic (exact) mass is 342 g/mol. The number of likely N-dealkylation sites (N-methyl/N-ethyl adjacent to an activating group) is 1. The van der Waals surface area contributed by atoms with Gasteiger partial charge in [-0.3, -0.25) is 0 Å². The summed E-state index contributed by atoms with van der Waals surface area (Å²) >= 11 is 0. The smallest absolute Gasteiger partial charge is 0.321 e. The molecule has 6 nitrogen and oxygen atoms in total. The van der Waals surface area contributed by atoms with Crippen LogP contribution in [0.2, 0.25) is 0 Å². The molecule has 3 rings (SSSR count). The second kappa shape index (κ2) is 7.79. The molecule has 0 aliphatic carbocycles. The molecule has 0 fully saturated rings. The van der Waals surface area contributed by atoms with Crippen molar-refractivity contribution in [2.45, 2.75) is 6.92 Å². The van der Waals surface area contributed by atoms with Gasteiger partial charge in [-0.25, -0.2) is 4.79 Å². The fraction of sp³-hybridized carbons (Fsp3) is 0.316. The number of fused-ring (bicyclic) bond motifs is 1. The van der Waals surface area contributed by atoms with E-state index in [1.165, 1.54) is 5.56 Å². The number of anilines is 1. The first-order valence-electron chi connectivity index (χ1n) is 8.23. The maximum atomic E-state index is 12.3. The van der Waals surface area contributed by atoms with E-state index in [4.69, 9.17) is 14.2 Å². The first-order valence-corrected chi connectivity index (χ1v) is 8.23. The van der Waals surface area contributed by atoms with E-state index in [1.807, 2.05) is 31.2 Å². The summed E-state index contributed by atoms with van der Waals surface area (Å²) in [4.78, 5) is 13.8. The quantitative estimate of drug-likeness (QED) is 0.906. The van der Waals surface area contributed by atoms with Crippen LogP contribution in [-0.2, 0) is 0 Å². The van der Waals surface area contributed by atoms with Crippen molar-refractivity contribution in [3.8, 4) is 17.2 Å². The van der Waals surface area contributed by atoms with Gasteiger partial charge < -0.3 is 24.4 Å². The van der Waals surface area contributed by atoms with Gasteiger partial charge in [0.1, 0.15) is 25.6 Å². The van der Waals surface area contributed by atoms with E-state index < -0.39 is 0 Å². The van der Waals surface area contributed by atoms with Crippen molar-refractivity contribution in [1.82, 2.24) is 4.90 Å². The largest absolute Gasteiger partial charge is 0.492 e. The molecular weight excluding hydrogens is 320 g/mol. The molecule has 25 heavy (non-hydrogen) atoms. The highest BCUT2D eigenvalue weighted by Gasteiger charge is 2.14. The zero-order valence-electron chi connectivity index (χ0n) is 14.5. The van der Waals surface area contributed by atoms with E-state index in [0.29, 0.717) is 43.6 Å². The second-order valence-corrected chi connectivity index (χ2v) is 5.87. The van der Waals surface area contributed by atoms with E-state index in [1.54, 1.807) is 30.1 Å². The molecule has 0 unspecified atom stereocenters. The third-order valence-electron chi connectivity index (χ3n) is 3.86. The Balaban J connectivity index is 1.48. The first kappa shape index (κ1) is 17.0. The van der Waals surface area contributed by atoms with Crippen molar-refractivity contribution in [3.63, 3.8) is 0 Å². The molecule has 0 saturated carbocycles. The van der Waals surface area contributed by atoms with Crippen molar-refractivity contribution in [2.24, 2.45) is 0 Å². The van der Waals surface area contributed by atoms with Gasteiger partial charge in [-0.2, -0.15) is 0 Å². The fourth-order valence-corrected chi connectivity index (χ4v) is 2.38. The van der Waals surface area contributed by atoms with E-state index in [2.05, 4.69) is 5.32 Å². The number of benzene rings is 2. The van der Waals surface area contributed by atoms with Crippen molar-refractivity contribution < 1.29 is 19.0 Å². The minimum absolute atomic E-state index is 0.204. The second-order valence-electron chi connectivity index (χ2n) is 5.87. The Hall–Kier alpha value is -2.89. The van der Waals surface area contributed by atoms with Crippen LogP contribution < -0.4 is 19.5 Å². The van der Waals surface area contributed by atoms with Gasteiger partial charge in [0.2, 0.25) is 0 Å². The van der Waals surface area contributed by atoms with Gasteiger partial charge >= 0.3 is 6.03 Å². The van der Waals surface area contributed by atoms with Gasteiger partial charge in [0.15, 0.2) is 11.5 Å². The lowest BCUT2D eigenvalue weighted by Crippen LogP contribution is -2.34. The molecule has 0 aromatic heterocycles. The molecule has 2 amide bonds. The van der Waals surface area contributed by atoms with Gasteiger partial charge in [-0.05, 0) is 31.2 Å². The van der Waals surface area contributed by atoms with E-state index >= 15 is 0 Å². The van der Waals surface area contributed by atoms with Crippen molar-refractivity contribution in [2.75, 3.05) is 38.7 Å². The first-order chi connectivity index (χ1) is 12.1. The number of aryl methyl sites for hydroxylation is 1. The number of ether oxygens (including phenoxy) is 3. The Bertz CT molecular complexity index is 731. The molecule has 2 aromatic carbocycles. The number of hydrogen-bond donors (Lipinski definition) is 1. The molecule has 0 saturated heterocycles. The predicted octanol–water partition coefficient (Wildman–Crippen LogP) is 3.31. The van der Waals surface area contributed by atoms with Gasteiger partial charge in [-0.15, -0.1) is 0 Å². The zero-order valence-corrected chi connectivity index (χ0v) is 14.5. The summed E-state index contributed by atoms with van der Waals surface area (Å²) in [6, 6.07) is 13.0. The topological polar surface area (TPSA) is 60.0 Å². The minimum Gasteiger partial charge on any atom is -0.492 e. The highest BCUT2D eigenvalue weighted by atomic mass is 16.6. The number of urea groups is 1. The highest BCUT2D eigenvalue weighted by Crippen LogP contribution is 2.32. The van der Waals surface area contributed by atoms with E-state index in [0.717, 1.165) is 5.75 Å². The summed E-state index contributed by atoms with van der Waals surface area (Å²) < 4.78 is 16.6. The number of amides is 2. The summed E-state index contributed by atoms with van der Waals surface area (Å²) in [7, 11) is 1.73. The average molecular weight is 342 g/mol. The fourth-order valence-electron chi connectivity index (χ4n) is 2.38. The molecule has 1 aliphatic heterocycles. The third-order valence-corrected chi connectivity index (χ3v) is 3.86. The molecule has 2 aromatic rings. The SMILES string of the molecule is Cc1ccc(OCCN(C)C(=O)Nc2ccc3c(c2)OCCO3)cc1. The summed E-state index contributed by atoms with van der Waals surface area (Å²) in [6.45, 7) is 3.99. The summed E-state index contributed by atoms with van der Waals surface area (Å²) in [6.07, 6.45) is 0. The van der Waals surface area contributed by atoms with E-state index in [-0.39, 0.29) is 6.03 Å². The van der Waals surface area contributed by atoms with Gasteiger partial charge in [-0.1, -0.05) is 17.7 Å². The van der Waals surface area contributed by atoms with Crippen LogP contribution in [0, 0.1) is 6.92 Å². The average Bonchev–Trinajstić information content (AvgIpc) is 2.63. The Labute approximate surface area is 147 Å². The lowest BCUT2D eigenvalue weighted by molar-refractivity contribution is 0.171. The van der Waals surface area contributed by atoms with Gasteiger partial charge in [0, 0.05) is 18.8 Å². The number of nitrogens with one attached hydrogen (secondary N) is 1. The predicted molar refractivity (Wildman–Crippen MR) is 95.8 cm³/mol. The summed E-state index contributed by atoms with van der Waals surface area (Å²) in [5, 5.41) is 2.84. The van der Waals surface area contributed by atoms with Crippen LogP contribution >= 0.6 is 0 Å². The summed E-state index contributed by atoms with van der Waals surface area (Å²) in [5.41, 5.74) is 1.85. The Morgan fingerprint density at radius 3 is 2.60 bits per heavy atom. The Kier molecular flexibility index (Phi) is 5.28. The number of carbonyl (C=O) groups excluding carboxylic acids is 1. The normalized spacial score (nSPS) is 12.4. The molecule has 6 heteroatoms. The highest BCUT2D eigenvalue weighted by molar-refractivity contribution is 5.89. The lowest BCUT2D eigenvalue weighted by Gasteiger charge is -2.21. The molecule has 1 N–H and O–H groups in total. The van der Waals surface area contributed by atoms with Crippen LogP contribution in [0.25, 0.3) is 0 Å². The molecule has 1 aliphatic rings. The van der Waals surface area contributed by atoms with E-state index in [9.17, 15) is 4.79 Å². The number of carbonyl (C=O) groups is 1. The molecule has 0 atom stereocenters. The van der Waals surface area contributed by atoms with Crippen LogP contribution in [-0.4, -0.2) is 44.3 Å².